The number of hydrogen-bond donors (Lipinski definition) is 6. The number of cyclic esters (lactones) is 1. The Kier molecular flexibility index (Phi) is 22.3. The zero-order valence-electron chi connectivity index (χ0n) is 44.1. The first-order valence-corrected chi connectivity index (χ1v) is 26.4. The van der Waals surface area contributed by atoms with Crippen LogP contribution in [0.15, 0.2) is 71.9 Å². The Morgan fingerprint density at radius 1 is 0.904 bits per heavy atom. The quantitative estimate of drug-likeness (QED) is 0.113. The molecule has 2 bridgehead atoms. The van der Waals surface area contributed by atoms with Gasteiger partial charge in [0, 0.05) is 50.4 Å². The molecule has 0 radical (unpaired) electrons. The highest BCUT2D eigenvalue weighted by Gasteiger charge is 2.53. The van der Waals surface area contributed by atoms with E-state index in [-0.39, 0.29) is 54.7 Å². The molecule has 5 rings (SSSR count). The molecule has 1 aliphatic carbocycles. The zero-order valence-corrected chi connectivity index (χ0v) is 44.1. The number of fused-ring (bicyclic) bond motifs is 3. The smallest absolute Gasteiger partial charge is 0.416 e. The molecule has 16 atom stereocenters. The number of nitrogens with zero attached hydrogens (tertiary/aromatic N) is 1. The second-order valence-corrected chi connectivity index (χ2v) is 21.6. The molecular weight excluding hydrogens is 948 g/mol. The van der Waals surface area contributed by atoms with Crippen LogP contribution in [0.1, 0.15) is 131 Å². The Balaban J connectivity index is 1.49. The van der Waals surface area contributed by atoms with E-state index >= 15 is 0 Å². The van der Waals surface area contributed by atoms with Crippen LogP contribution in [0.4, 0.5) is 18.9 Å². The summed E-state index contributed by atoms with van der Waals surface area (Å²) in [7, 11) is 2.96. The molecule has 14 nitrogen and oxygen atoms in total. The van der Waals surface area contributed by atoms with E-state index in [1.807, 2.05) is 39.0 Å². The molecule has 17 heteroatoms. The number of benzene rings is 1. The number of ketones is 1. The molecule has 73 heavy (non-hydrogen) atoms. The van der Waals surface area contributed by atoms with Gasteiger partial charge in [-0.15, -0.1) is 0 Å². The number of carbonyl (C=O) groups is 3. The van der Waals surface area contributed by atoms with Gasteiger partial charge in [0.1, 0.15) is 24.4 Å². The molecule has 3 heterocycles. The number of aliphatic hydroxyl groups excluding tert-OH is 3. The summed E-state index contributed by atoms with van der Waals surface area (Å²) < 4.78 is 65.4. The number of carbonyl (C=O) groups excluding carboxylic acids is 3. The number of hydrogen-bond acceptors (Lipinski definition) is 13. The Morgan fingerprint density at radius 2 is 1.64 bits per heavy atom. The number of halogens is 3. The Labute approximate surface area is 430 Å². The summed E-state index contributed by atoms with van der Waals surface area (Å²) in [4.78, 5) is 44.1. The molecule has 410 valence electrons. The average molecular weight is 1030 g/mol. The molecule has 8 unspecified atom stereocenters. The third-order valence-corrected chi connectivity index (χ3v) is 15.8. The molecule has 1 aromatic rings. The van der Waals surface area contributed by atoms with E-state index in [2.05, 4.69) is 5.32 Å². The van der Waals surface area contributed by atoms with Crippen molar-refractivity contribution in [3.05, 3.63) is 77.4 Å². The van der Waals surface area contributed by atoms with Gasteiger partial charge in [-0.1, -0.05) is 75.8 Å². The van der Waals surface area contributed by atoms with Crippen LogP contribution in [0.3, 0.4) is 0 Å². The predicted octanol–water partition coefficient (Wildman–Crippen LogP) is 7.97. The maximum atomic E-state index is 14.5. The SMILES string of the molecule is COC1CC(C[C@@H](C)[C@@H]2CC[C@H](N)/C=C(\C)C(O)[C@@H](OC)C(=O)C(C)C[C@H](C)/C=C/C=C/C=C(\C)[C@H](Nc3cccc(C(F)(F)F)c3)C[C@@H]3CCC(C)C(O)(O3)C(O)C(=O)N3CCCCC3C(=O)O2)CC[C@H]1O. The highest BCUT2D eigenvalue weighted by molar-refractivity contribution is 5.88. The van der Waals surface area contributed by atoms with Crippen molar-refractivity contribution in [1.82, 2.24) is 4.90 Å². The minimum atomic E-state index is -4.58. The third kappa shape index (κ3) is 16.3. The van der Waals surface area contributed by atoms with Gasteiger partial charge in [-0.25, -0.2) is 4.79 Å². The Morgan fingerprint density at radius 3 is 2.34 bits per heavy atom. The van der Waals surface area contributed by atoms with E-state index in [1.165, 1.54) is 24.1 Å². The van der Waals surface area contributed by atoms with E-state index in [0.717, 1.165) is 18.6 Å². The van der Waals surface area contributed by atoms with E-state index in [1.54, 1.807) is 46.1 Å². The molecule has 7 N–H and O–H groups in total. The zero-order chi connectivity index (χ0) is 53.8. The summed E-state index contributed by atoms with van der Waals surface area (Å²) >= 11 is 0. The molecule has 1 saturated carbocycles. The van der Waals surface area contributed by atoms with Crippen LogP contribution >= 0.6 is 0 Å². The predicted molar refractivity (Wildman–Crippen MR) is 273 cm³/mol. The van der Waals surface area contributed by atoms with Crippen LogP contribution < -0.4 is 11.1 Å². The fourth-order valence-corrected chi connectivity index (χ4v) is 11.2. The van der Waals surface area contributed by atoms with Crippen LogP contribution in [0.5, 0.6) is 0 Å². The minimum Gasteiger partial charge on any atom is -0.461 e. The fraction of sp³-hybridized carbons (Fsp3) is 0.696. The van der Waals surface area contributed by atoms with Crippen LogP contribution in [0, 0.1) is 29.6 Å². The Bertz CT molecular complexity index is 2100. The van der Waals surface area contributed by atoms with Gasteiger partial charge in [-0.3, -0.25) is 9.59 Å². The Hall–Kier alpha value is -3.94. The number of Topliss-reactive ketones (excluding diaryl/α,β-unsaturated/α-hetero) is 1. The van der Waals surface area contributed by atoms with Gasteiger partial charge in [-0.05, 0) is 139 Å². The van der Waals surface area contributed by atoms with Gasteiger partial charge in [0.25, 0.3) is 5.91 Å². The number of rotatable bonds is 7. The van der Waals surface area contributed by atoms with Crippen molar-refractivity contribution < 1.29 is 66.9 Å². The number of ether oxygens (including phenoxy) is 4. The number of anilines is 1. The lowest BCUT2D eigenvalue weighted by atomic mass is 9.78. The molecule has 2 saturated heterocycles. The summed E-state index contributed by atoms with van der Waals surface area (Å²) in [6.45, 7) is 11.1. The maximum absolute atomic E-state index is 14.5. The summed E-state index contributed by atoms with van der Waals surface area (Å²) in [5.74, 6) is -5.47. The number of esters is 1. The highest BCUT2D eigenvalue weighted by atomic mass is 19.4. The average Bonchev–Trinajstić information content (AvgIpc) is 3.35. The number of nitrogens with two attached hydrogens (primary N) is 1. The van der Waals surface area contributed by atoms with Crippen molar-refractivity contribution in [2.75, 3.05) is 26.1 Å². The maximum Gasteiger partial charge on any atom is 0.416 e. The number of allylic oxidation sites excluding steroid dienone is 5. The van der Waals surface area contributed by atoms with Crippen LogP contribution in [-0.2, 0) is 39.5 Å². The first-order valence-electron chi connectivity index (χ1n) is 26.4. The number of methoxy groups -OCH3 is 2. The van der Waals surface area contributed by atoms with Crippen molar-refractivity contribution in [3.8, 4) is 0 Å². The van der Waals surface area contributed by atoms with Crippen molar-refractivity contribution in [2.45, 2.75) is 198 Å². The van der Waals surface area contributed by atoms with Crippen molar-refractivity contribution in [1.29, 1.82) is 0 Å². The lowest BCUT2D eigenvalue weighted by molar-refractivity contribution is -0.315. The van der Waals surface area contributed by atoms with Crippen molar-refractivity contribution >= 4 is 23.3 Å². The van der Waals surface area contributed by atoms with E-state index in [4.69, 9.17) is 24.7 Å². The molecule has 4 aliphatic rings. The monoisotopic (exact) mass is 1030 g/mol. The molecule has 0 spiro atoms. The number of piperidine rings is 1. The highest BCUT2D eigenvalue weighted by Crippen LogP contribution is 2.40. The van der Waals surface area contributed by atoms with E-state index < -0.39 is 96.0 Å². The van der Waals surface area contributed by atoms with Gasteiger partial charge in [-0.2, -0.15) is 13.2 Å². The first-order chi connectivity index (χ1) is 34.5. The van der Waals surface area contributed by atoms with Crippen molar-refractivity contribution in [3.63, 3.8) is 0 Å². The van der Waals surface area contributed by atoms with Gasteiger partial charge in [0.05, 0.1) is 23.9 Å². The van der Waals surface area contributed by atoms with Crippen molar-refractivity contribution in [2.24, 2.45) is 35.3 Å². The number of aliphatic hydroxyl groups is 4. The van der Waals surface area contributed by atoms with E-state index in [9.17, 15) is 48.0 Å². The lowest BCUT2D eigenvalue weighted by Gasteiger charge is -2.46. The number of nitrogens with one attached hydrogen (secondary N) is 1. The van der Waals surface area contributed by atoms with Gasteiger partial charge < -0.3 is 55.3 Å². The summed E-state index contributed by atoms with van der Waals surface area (Å²) in [5.41, 5.74) is 7.23. The second-order valence-electron chi connectivity index (χ2n) is 21.6. The molecule has 3 aliphatic heterocycles. The fourth-order valence-electron chi connectivity index (χ4n) is 11.2. The van der Waals surface area contributed by atoms with Crippen LogP contribution in [0.25, 0.3) is 0 Å². The lowest BCUT2D eigenvalue weighted by Crippen LogP contribution is -2.63. The largest absolute Gasteiger partial charge is 0.461 e. The second kappa shape index (κ2) is 27.2. The minimum absolute atomic E-state index is 0.0529. The standard InChI is InChI=1S/C56H84F3N3O11/c1-33-15-10-9-11-16-34(2)44(61-42-18-14-17-40(31-42)56(57,58)59)32-43-23-20-38(6)55(69,73-43)52(66)53(67)62-26-13-12-19-45(62)54(68)72-47(35(3)28-39-21-24-46(63)48(30-39)70-7)25-22-41(60)29-37(5)50(65)51(71-8)49(64)36(4)27-33/h9-11,14-18,29,31,33,35-36,38-39,41,43-48,50-52,61,63,65-66,69H,12-13,19-28,30,32,60H2,1-8H3/b11-9+,15-10+,34-16+,37-29+/t33-,35-,36?,38?,39?,41+,43+,44-,45?,46-,47+,48?,50?,51+,52?,55?/m1/s1. The summed E-state index contributed by atoms with van der Waals surface area (Å²) in [6, 6.07) is 2.53. The third-order valence-electron chi connectivity index (χ3n) is 15.8. The number of amides is 1. The normalized spacial score (nSPS) is 38.4. The molecule has 0 aromatic heterocycles. The molecular formula is C56H84F3N3O11. The summed E-state index contributed by atoms with van der Waals surface area (Å²) in [5, 5.41) is 49.4. The number of alkyl halides is 3. The van der Waals surface area contributed by atoms with E-state index in [0.29, 0.717) is 75.4 Å². The summed E-state index contributed by atoms with van der Waals surface area (Å²) in [6.07, 6.45) is 5.43. The van der Waals surface area contributed by atoms with Crippen LogP contribution in [0.2, 0.25) is 0 Å². The first kappa shape index (κ1) is 59.9. The van der Waals surface area contributed by atoms with Gasteiger partial charge in [0.15, 0.2) is 11.9 Å². The molecule has 1 amide bonds. The van der Waals surface area contributed by atoms with Crippen LogP contribution in [-0.4, -0.2) is 130 Å². The topological polar surface area (TPSA) is 210 Å². The molecule has 3 fully saturated rings. The van der Waals surface area contributed by atoms with Gasteiger partial charge in [0.2, 0.25) is 5.79 Å². The van der Waals surface area contributed by atoms with Gasteiger partial charge >= 0.3 is 12.1 Å². The molecule has 1 aromatic carbocycles.